The summed E-state index contributed by atoms with van der Waals surface area (Å²) in [6.45, 7) is 1.85. The maximum absolute atomic E-state index is 11.0. The molecule has 1 saturated heterocycles. The number of methoxy groups -OCH3 is 1. The minimum absolute atomic E-state index is 0.310. The van der Waals surface area contributed by atoms with Crippen LogP contribution in [0.5, 0.6) is 0 Å². The Morgan fingerprint density at radius 3 is 2.73 bits per heavy atom. The van der Waals surface area contributed by atoms with Crippen LogP contribution in [0.3, 0.4) is 0 Å². The molecule has 0 aromatic rings. The fourth-order valence-electron chi connectivity index (χ4n) is 1.02. The van der Waals surface area contributed by atoms with E-state index in [1.165, 1.54) is 14.0 Å². The Balaban J connectivity index is 2.80. The van der Waals surface area contributed by atoms with Crippen molar-refractivity contribution in [2.75, 3.05) is 13.7 Å². The lowest BCUT2D eigenvalue weighted by Gasteiger charge is -2.14. The summed E-state index contributed by atoms with van der Waals surface area (Å²) >= 11 is 0. The normalized spacial score (nSPS) is 29.8. The average Bonchev–Trinajstić information content (AvgIpc) is 2.32. The third kappa shape index (κ3) is 1.08. The Hall–Kier alpha value is -1.06. The van der Waals surface area contributed by atoms with Crippen molar-refractivity contribution in [3.05, 3.63) is 0 Å². The standard InChI is InChI=1S/C7H10O4/c1-7(5(8)10-2)3-4-11-6(7)9/h3-4H2,1-2H3. The van der Waals surface area contributed by atoms with Gasteiger partial charge in [-0.3, -0.25) is 9.59 Å². The van der Waals surface area contributed by atoms with Crippen LogP contribution in [0.4, 0.5) is 0 Å². The second-order valence-corrected chi connectivity index (χ2v) is 2.71. The molecule has 4 nitrogen and oxygen atoms in total. The van der Waals surface area contributed by atoms with Gasteiger partial charge in [-0.25, -0.2) is 0 Å². The van der Waals surface area contributed by atoms with Crippen LogP contribution in [0, 0.1) is 5.41 Å². The predicted octanol–water partition coefficient (Wildman–Crippen LogP) is 0.113. The number of esters is 2. The summed E-state index contributed by atoms with van der Waals surface area (Å²) in [7, 11) is 1.26. The van der Waals surface area contributed by atoms with Gasteiger partial charge in [0.2, 0.25) is 0 Å². The van der Waals surface area contributed by atoms with Crippen LogP contribution < -0.4 is 0 Å². The van der Waals surface area contributed by atoms with E-state index in [0.29, 0.717) is 13.0 Å². The average molecular weight is 158 g/mol. The Labute approximate surface area is 64.5 Å². The molecule has 1 unspecified atom stereocenters. The van der Waals surface area contributed by atoms with E-state index >= 15 is 0 Å². The molecule has 1 heterocycles. The maximum Gasteiger partial charge on any atom is 0.323 e. The Bertz CT molecular complexity index is 199. The summed E-state index contributed by atoms with van der Waals surface area (Å²) in [5, 5.41) is 0. The third-order valence-electron chi connectivity index (χ3n) is 1.92. The number of ether oxygens (including phenoxy) is 2. The summed E-state index contributed by atoms with van der Waals surface area (Å²) in [6, 6.07) is 0. The van der Waals surface area contributed by atoms with Crippen molar-refractivity contribution in [1.29, 1.82) is 0 Å². The molecule has 0 aromatic carbocycles. The Morgan fingerprint density at radius 2 is 2.36 bits per heavy atom. The highest BCUT2D eigenvalue weighted by molar-refractivity contribution is 6.00. The van der Waals surface area contributed by atoms with E-state index in [-0.39, 0.29) is 0 Å². The topological polar surface area (TPSA) is 52.6 Å². The monoisotopic (exact) mass is 158 g/mol. The van der Waals surface area contributed by atoms with Gasteiger partial charge in [-0.15, -0.1) is 0 Å². The quantitative estimate of drug-likeness (QED) is 0.401. The van der Waals surface area contributed by atoms with Crippen molar-refractivity contribution >= 4 is 11.9 Å². The zero-order chi connectivity index (χ0) is 8.48. The van der Waals surface area contributed by atoms with Crippen molar-refractivity contribution in [2.24, 2.45) is 5.41 Å². The van der Waals surface area contributed by atoms with Crippen LogP contribution in [-0.2, 0) is 19.1 Å². The van der Waals surface area contributed by atoms with Crippen LogP contribution >= 0.6 is 0 Å². The SMILES string of the molecule is COC(=O)C1(C)CCOC1=O. The van der Waals surface area contributed by atoms with Crippen LogP contribution in [-0.4, -0.2) is 25.7 Å². The molecule has 1 atom stereocenters. The lowest BCUT2D eigenvalue weighted by Crippen LogP contribution is -2.33. The molecule has 0 bridgehead atoms. The Morgan fingerprint density at radius 1 is 1.73 bits per heavy atom. The first-order valence-corrected chi connectivity index (χ1v) is 3.37. The first-order valence-electron chi connectivity index (χ1n) is 3.37. The maximum atomic E-state index is 11.0. The molecule has 1 fully saturated rings. The molecule has 4 heteroatoms. The third-order valence-corrected chi connectivity index (χ3v) is 1.92. The van der Waals surface area contributed by atoms with E-state index in [1.54, 1.807) is 0 Å². The van der Waals surface area contributed by atoms with Crippen molar-refractivity contribution in [3.8, 4) is 0 Å². The van der Waals surface area contributed by atoms with E-state index in [1.807, 2.05) is 0 Å². The molecule has 0 radical (unpaired) electrons. The highest BCUT2D eigenvalue weighted by Gasteiger charge is 2.47. The highest BCUT2D eigenvalue weighted by Crippen LogP contribution is 2.30. The number of rotatable bonds is 1. The zero-order valence-electron chi connectivity index (χ0n) is 6.55. The van der Waals surface area contributed by atoms with Crippen LogP contribution in [0.2, 0.25) is 0 Å². The summed E-state index contributed by atoms with van der Waals surface area (Å²) < 4.78 is 9.12. The van der Waals surface area contributed by atoms with E-state index in [2.05, 4.69) is 9.47 Å². The first kappa shape index (κ1) is 8.04. The molecule has 0 amide bonds. The Kier molecular flexibility index (Phi) is 1.85. The molecule has 0 saturated carbocycles. The van der Waals surface area contributed by atoms with Gasteiger partial charge < -0.3 is 9.47 Å². The van der Waals surface area contributed by atoms with Crippen molar-refractivity contribution in [3.63, 3.8) is 0 Å². The van der Waals surface area contributed by atoms with Gasteiger partial charge in [0.05, 0.1) is 13.7 Å². The van der Waals surface area contributed by atoms with Crippen molar-refractivity contribution < 1.29 is 19.1 Å². The summed E-state index contributed by atoms with van der Waals surface area (Å²) in [6.07, 6.45) is 0.415. The fraction of sp³-hybridized carbons (Fsp3) is 0.714. The van der Waals surface area contributed by atoms with Gasteiger partial charge in [-0.1, -0.05) is 0 Å². The van der Waals surface area contributed by atoms with Crippen LogP contribution in [0.25, 0.3) is 0 Å². The van der Waals surface area contributed by atoms with Gasteiger partial charge in [0.1, 0.15) is 0 Å². The minimum Gasteiger partial charge on any atom is -0.468 e. The van der Waals surface area contributed by atoms with Gasteiger partial charge in [0.15, 0.2) is 5.41 Å². The molecule has 0 N–H and O–H groups in total. The molecule has 1 rings (SSSR count). The molecular weight excluding hydrogens is 148 g/mol. The van der Waals surface area contributed by atoms with E-state index in [0.717, 1.165) is 0 Å². The summed E-state index contributed by atoms with van der Waals surface area (Å²) in [5.41, 5.74) is -1.06. The zero-order valence-corrected chi connectivity index (χ0v) is 6.55. The number of carbonyl (C=O) groups excluding carboxylic acids is 2. The van der Waals surface area contributed by atoms with Gasteiger partial charge in [-0.05, 0) is 6.92 Å². The molecule has 62 valence electrons. The number of hydrogen-bond donors (Lipinski definition) is 0. The van der Waals surface area contributed by atoms with Crippen LogP contribution in [0.1, 0.15) is 13.3 Å². The molecule has 0 aliphatic carbocycles. The van der Waals surface area contributed by atoms with E-state index in [9.17, 15) is 9.59 Å². The van der Waals surface area contributed by atoms with Crippen LogP contribution in [0.15, 0.2) is 0 Å². The van der Waals surface area contributed by atoms with Crippen molar-refractivity contribution in [1.82, 2.24) is 0 Å². The van der Waals surface area contributed by atoms with Gasteiger partial charge in [-0.2, -0.15) is 0 Å². The lowest BCUT2D eigenvalue weighted by atomic mass is 9.89. The molecule has 1 aliphatic rings. The largest absolute Gasteiger partial charge is 0.468 e. The fourth-order valence-corrected chi connectivity index (χ4v) is 1.02. The van der Waals surface area contributed by atoms with E-state index in [4.69, 9.17) is 0 Å². The second-order valence-electron chi connectivity index (χ2n) is 2.71. The van der Waals surface area contributed by atoms with Gasteiger partial charge in [0, 0.05) is 6.42 Å². The minimum atomic E-state index is -1.06. The molecule has 0 aromatic heterocycles. The summed E-state index contributed by atoms with van der Waals surface area (Å²) in [5.74, 6) is -0.996. The molecule has 11 heavy (non-hydrogen) atoms. The predicted molar refractivity (Wildman–Crippen MR) is 35.7 cm³/mol. The lowest BCUT2D eigenvalue weighted by molar-refractivity contribution is -0.161. The molecule has 0 spiro atoms. The first-order chi connectivity index (χ1) is 5.11. The smallest absolute Gasteiger partial charge is 0.323 e. The van der Waals surface area contributed by atoms with Gasteiger partial charge in [0.25, 0.3) is 0 Å². The molecular formula is C7H10O4. The van der Waals surface area contributed by atoms with Crippen molar-refractivity contribution in [2.45, 2.75) is 13.3 Å². The number of carbonyl (C=O) groups is 2. The van der Waals surface area contributed by atoms with Gasteiger partial charge >= 0.3 is 11.9 Å². The second kappa shape index (κ2) is 2.53. The number of hydrogen-bond acceptors (Lipinski definition) is 4. The van der Waals surface area contributed by atoms with E-state index < -0.39 is 17.4 Å². The molecule has 1 aliphatic heterocycles. The highest BCUT2D eigenvalue weighted by atomic mass is 16.6. The number of cyclic esters (lactones) is 1. The summed E-state index contributed by atoms with van der Waals surface area (Å²) in [4.78, 5) is 22.0.